The number of carbonyl (C=O) groups excluding carboxylic acids is 2. The number of hydrogen-bond acceptors (Lipinski definition) is 5. The summed E-state index contributed by atoms with van der Waals surface area (Å²) in [5, 5.41) is 9.58. The molecule has 1 heterocycles. The topological polar surface area (TPSA) is 110 Å². The van der Waals surface area contributed by atoms with Crippen molar-refractivity contribution in [1.82, 2.24) is 4.98 Å². The van der Waals surface area contributed by atoms with Gasteiger partial charge >= 0.3 is 5.97 Å². The van der Waals surface area contributed by atoms with Gasteiger partial charge in [0.25, 0.3) is 0 Å². The number of aromatic nitrogens is 1. The number of fused-ring (bicyclic) bond motifs is 1. The van der Waals surface area contributed by atoms with Crippen LogP contribution in [0.2, 0.25) is 0 Å². The van der Waals surface area contributed by atoms with Crippen molar-refractivity contribution in [3.05, 3.63) is 28.8 Å². The van der Waals surface area contributed by atoms with Crippen LogP contribution in [0.4, 0.5) is 0 Å². The third-order valence-electron chi connectivity index (χ3n) is 4.42. The standard InChI is InChI=1S/C16H18N2O4S2/c1-3-16(4-2,15(21)22)11(14(20)23)13-18-9-7-8(12(17)19)5-6-10(9)24-13/h5-7,11H,3-4H2,1-2H3,(H2,17,19)(H,20,23)(H,21,22). The van der Waals surface area contributed by atoms with Gasteiger partial charge in [0, 0.05) is 5.56 Å². The number of carbonyl (C=O) groups is 3. The highest BCUT2D eigenvalue weighted by molar-refractivity contribution is 7.96. The molecule has 1 atom stereocenters. The van der Waals surface area contributed by atoms with Crippen LogP contribution in [-0.2, 0) is 9.59 Å². The lowest BCUT2D eigenvalue weighted by Gasteiger charge is -2.32. The molecule has 2 aromatic rings. The molecular formula is C16H18N2O4S2. The van der Waals surface area contributed by atoms with Gasteiger partial charge in [-0.25, -0.2) is 4.98 Å². The molecule has 0 saturated carbocycles. The van der Waals surface area contributed by atoms with Gasteiger partial charge < -0.3 is 10.8 Å². The molecule has 0 aliphatic heterocycles. The van der Waals surface area contributed by atoms with Crippen LogP contribution in [0.3, 0.4) is 0 Å². The summed E-state index contributed by atoms with van der Waals surface area (Å²) in [6.45, 7) is 3.47. The first-order valence-corrected chi connectivity index (χ1v) is 8.69. The minimum Gasteiger partial charge on any atom is -0.481 e. The Morgan fingerprint density at radius 2 is 1.96 bits per heavy atom. The Hall–Kier alpha value is -1.93. The summed E-state index contributed by atoms with van der Waals surface area (Å²) in [6.07, 6.45) is 0.552. The van der Waals surface area contributed by atoms with Crippen LogP contribution in [0.15, 0.2) is 18.2 Å². The third-order valence-corrected chi connectivity index (χ3v) is 5.78. The molecule has 3 N–H and O–H groups in total. The summed E-state index contributed by atoms with van der Waals surface area (Å²) in [4.78, 5) is 39.7. The second-order valence-corrected chi connectivity index (χ2v) is 7.04. The Morgan fingerprint density at radius 1 is 1.33 bits per heavy atom. The Balaban J connectivity index is 2.64. The van der Waals surface area contributed by atoms with E-state index in [1.54, 1.807) is 26.0 Å². The van der Waals surface area contributed by atoms with Gasteiger partial charge in [-0.05, 0) is 31.0 Å². The SMILES string of the molecule is CCC(CC)(C(=O)O)C(C(=O)S)c1nc2cc(C(N)=O)ccc2s1. The van der Waals surface area contributed by atoms with Crippen molar-refractivity contribution in [2.24, 2.45) is 11.1 Å². The lowest BCUT2D eigenvalue weighted by atomic mass is 9.72. The maximum atomic E-state index is 12.2. The van der Waals surface area contributed by atoms with E-state index in [1.165, 1.54) is 17.4 Å². The third kappa shape index (κ3) is 3.03. The normalized spacial score (nSPS) is 13.0. The van der Waals surface area contributed by atoms with Gasteiger partial charge in [-0.1, -0.05) is 13.8 Å². The predicted octanol–water partition coefficient (Wildman–Crippen LogP) is 2.83. The molecule has 24 heavy (non-hydrogen) atoms. The lowest BCUT2D eigenvalue weighted by Crippen LogP contribution is -2.39. The van der Waals surface area contributed by atoms with Crippen LogP contribution >= 0.6 is 24.0 Å². The van der Waals surface area contributed by atoms with Gasteiger partial charge in [0.05, 0.1) is 21.5 Å². The predicted molar refractivity (Wildman–Crippen MR) is 95.5 cm³/mol. The minimum atomic E-state index is -1.26. The molecule has 1 unspecified atom stereocenters. The monoisotopic (exact) mass is 366 g/mol. The Morgan fingerprint density at radius 3 is 2.42 bits per heavy atom. The van der Waals surface area contributed by atoms with Gasteiger partial charge in [-0.3, -0.25) is 14.4 Å². The summed E-state index contributed by atoms with van der Waals surface area (Å²) in [5.41, 5.74) is 4.82. The summed E-state index contributed by atoms with van der Waals surface area (Å²) in [7, 11) is 0. The van der Waals surface area contributed by atoms with E-state index >= 15 is 0 Å². The summed E-state index contributed by atoms with van der Waals surface area (Å²) < 4.78 is 0.751. The van der Waals surface area contributed by atoms with Crippen LogP contribution in [-0.4, -0.2) is 27.1 Å². The van der Waals surface area contributed by atoms with Crippen molar-refractivity contribution in [1.29, 1.82) is 0 Å². The van der Waals surface area contributed by atoms with E-state index < -0.39 is 28.3 Å². The van der Waals surface area contributed by atoms with Gasteiger partial charge in [0.15, 0.2) is 5.12 Å². The van der Waals surface area contributed by atoms with E-state index in [2.05, 4.69) is 17.6 Å². The first-order chi connectivity index (χ1) is 11.3. The highest BCUT2D eigenvalue weighted by Crippen LogP contribution is 2.45. The van der Waals surface area contributed by atoms with Crippen molar-refractivity contribution in [2.45, 2.75) is 32.6 Å². The van der Waals surface area contributed by atoms with E-state index in [4.69, 9.17) is 5.73 Å². The summed E-state index contributed by atoms with van der Waals surface area (Å²) in [5.74, 6) is -2.57. The van der Waals surface area contributed by atoms with Gasteiger partial charge in [0.1, 0.15) is 5.01 Å². The van der Waals surface area contributed by atoms with Crippen molar-refractivity contribution in [2.75, 3.05) is 0 Å². The number of thiol groups is 1. The van der Waals surface area contributed by atoms with Gasteiger partial charge in [0.2, 0.25) is 5.91 Å². The number of nitrogens with zero attached hydrogens (tertiary/aromatic N) is 1. The number of amides is 1. The number of benzene rings is 1. The highest BCUT2D eigenvalue weighted by Gasteiger charge is 2.48. The number of primary amides is 1. The lowest BCUT2D eigenvalue weighted by molar-refractivity contribution is -0.152. The van der Waals surface area contributed by atoms with Crippen molar-refractivity contribution < 1.29 is 19.5 Å². The molecule has 0 saturated heterocycles. The van der Waals surface area contributed by atoms with Crippen LogP contribution < -0.4 is 5.73 Å². The molecule has 0 fully saturated rings. The average molecular weight is 366 g/mol. The maximum absolute atomic E-state index is 12.2. The van der Waals surface area contributed by atoms with Crippen LogP contribution in [0.25, 0.3) is 10.2 Å². The highest BCUT2D eigenvalue weighted by atomic mass is 32.1. The summed E-state index contributed by atoms with van der Waals surface area (Å²) >= 11 is 5.16. The molecule has 0 radical (unpaired) electrons. The zero-order chi connectivity index (χ0) is 18.1. The van der Waals surface area contributed by atoms with Crippen molar-refractivity contribution in [3.63, 3.8) is 0 Å². The van der Waals surface area contributed by atoms with E-state index in [1.807, 2.05) is 0 Å². The molecule has 0 bridgehead atoms. The maximum Gasteiger partial charge on any atom is 0.310 e. The molecule has 2 rings (SSSR count). The smallest absolute Gasteiger partial charge is 0.310 e. The average Bonchev–Trinajstić information content (AvgIpc) is 2.93. The number of hydrogen-bond donors (Lipinski definition) is 3. The number of carboxylic acids is 1. The van der Waals surface area contributed by atoms with E-state index in [9.17, 15) is 19.5 Å². The Bertz CT molecular complexity index is 812. The van der Waals surface area contributed by atoms with E-state index in [0.29, 0.717) is 16.1 Å². The first kappa shape index (κ1) is 18.4. The first-order valence-electron chi connectivity index (χ1n) is 7.43. The van der Waals surface area contributed by atoms with Crippen LogP contribution in [0, 0.1) is 5.41 Å². The van der Waals surface area contributed by atoms with E-state index in [0.717, 1.165) is 4.70 Å². The molecule has 8 heteroatoms. The second kappa shape index (κ2) is 6.90. The fourth-order valence-corrected chi connectivity index (χ4v) is 4.51. The van der Waals surface area contributed by atoms with Crippen LogP contribution in [0.5, 0.6) is 0 Å². The number of aliphatic carboxylic acids is 1. The molecule has 6 nitrogen and oxygen atoms in total. The molecule has 128 valence electrons. The number of thiazole rings is 1. The minimum absolute atomic E-state index is 0.276. The van der Waals surface area contributed by atoms with Gasteiger partial charge in [-0.15, -0.1) is 24.0 Å². The molecular weight excluding hydrogens is 348 g/mol. The molecule has 1 amide bonds. The van der Waals surface area contributed by atoms with Crippen molar-refractivity contribution >= 4 is 51.2 Å². The van der Waals surface area contributed by atoms with Crippen LogP contribution in [0.1, 0.15) is 48.0 Å². The zero-order valence-corrected chi connectivity index (χ0v) is 15.0. The number of rotatable bonds is 7. The molecule has 0 aliphatic rings. The quantitative estimate of drug-likeness (QED) is 0.653. The molecule has 0 spiro atoms. The molecule has 0 aliphatic carbocycles. The van der Waals surface area contributed by atoms with Gasteiger partial charge in [-0.2, -0.15) is 0 Å². The fraction of sp³-hybridized carbons (Fsp3) is 0.375. The molecule has 1 aromatic carbocycles. The Labute approximate surface area is 148 Å². The van der Waals surface area contributed by atoms with E-state index in [-0.39, 0.29) is 12.8 Å². The number of nitrogens with two attached hydrogens (primary N) is 1. The zero-order valence-electron chi connectivity index (χ0n) is 13.3. The second-order valence-electron chi connectivity index (χ2n) is 5.54. The largest absolute Gasteiger partial charge is 0.481 e. The van der Waals surface area contributed by atoms with Crippen molar-refractivity contribution in [3.8, 4) is 0 Å². The fourth-order valence-electron chi connectivity index (χ4n) is 2.88. The Kier molecular flexibility index (Phi) is 5.29. The molecule has 1 aromatic heterocycles. The summed E-state index contributed by atoms with van der Waals surface area (Å²) in [6, 6.07) is 4.81. The number of carboxylic acid groups (broad SMARTS) is 1.